The molecule has 3 rings (SSSR count). The Morgan fingerprint density at radius 2 is 1.32 bits per heavy atom. The van der Waals surface area contributed by atoms with Crippen molar-refractivity contribution in [2.45, 2.75) is 44.9 Å². The molecule has 0 saturated heterocycles. The molecule has 3 aromatic rings. The van der Waals surface area contributed by atoms with Crippen LogP contribution >= 0.6 is 0 Å². The third-order valence-corrected chi connectivity index (χ3v) is 5.48. The van der Waals surface area contributed by atoms with Gasteiger partial charge >= 0.3 is 0 Å². The first-order valence-electron chi connectivity index (χ1n) is 9.36. The molecule has 0 aliphatic carbocycles. The Hall–Kier alpha value is -2.34. The van der Waals surface area contributed by atoms with E-state index in [1.165, 1.54) is 28.7 Å². The van der Waals surface area contributed by atoms with Gasteiger partial charge in [-0.1, -0.05) is 112 Å². The molecule has 0 radical (unpaired) electrons. The second-order valence-electron chi connectivity index (χ2n) is 7.17. The molecule has 0 aliphatic heterocycles. The van der Waals surface area contributed by atoms with Crippen molar-refractivity contribution in [3.8, 4) is 0 Å². The predicted molar refractivity (Wildman–Crippen MR) is 108 cm³/mol. The standard InChI is InChI=1S/C25H28/c1-4-19-25(3,22-15-9-6-10-16-22)24-18-12-11-17-23(24)20(2)21-13-7-5-8-14-21/h5-18,20H,4,19H2,1-3H3. The maximum atomic E-state index is 2.41. The molecule has 0 aliphatic rings. The Balaban J connectivity index is 2.13. The Kier molecular flexibility index (Phi) is 5.38. The minimum atomic E-state index is 0.0373. The average Bonchev–Trinajstić information content (AvgIpc) is 2.69. The summed E-state index contributed by atoms with van der Waals surface area (Å²) in [5.41, 5.74) is 5.72. The molecule has 0 saturated carbocycles. The lowest BCUT2D eigenvalue weighted by molar-refractivity contribution is 0.505. The molecule has 0 fully saturated rings. The fourth-order valence-electron chi connectivity index (χ4n) is 4.04. The summed E-state index contributed by atoms with van der Waals surface area (Å²) in [5.74, 6) is 0.386. The molecular weight excluding hydrogens is 300 g/mol. The molecule has 2 atom stereocenters. The minimum Gasteiger partial charge on any atom is -0.0653 e. The molecule has 0 heterocycles. The number of benzene rings is 3. The number of hydrogen-bond donors (Lipinski definition) is 0. The van der Waals surface area contributed by atoms with E-state index >= 15 is 0 Å². The fourth-order valence-corrected chi connectivity index (χ4v) is 4.04. The highest BCUT2D eigenvalue weighted by Gasteiger charge is 2.31. The fraction of sp³-hybridized carbons (Fsp3) is 0.280. The van der Waals surface area contributed by atoms with Crippen molar-refractivity contribution in [2.75, 3.05) is 0 Å². The summed E-state index contributed by atoms with van der Waals surface area (Å²) in [6.07, 6.45) is 2.31. The van der Waals surface area contributed by atoms with E-state index in [0.29, 0.717) is 5.92 Å². The third kappa shape index (κ3) is 3.54. The van der Waals surface area contributed by atoms with Gasteiger partial charge in [0.15, 0.2) is 0 Å². The van der Waals surface area contributed by atoms with Crippen molar-refractivity contribution in [3.63, 3.8) is 0 Å². The second kappa shape index (κ2) is 7.70. The Bertz CT molecular complexity index is 789. The molecule has 3 aromatic carbocycles. The molecule has 0 amide bonds. The molecule has 0 aromatic heterocycles. The summed E-state index contributed by atoms with van der Waals surface area (Å²) < 4.78 is 0. The van der Waals surface area contributed by atoms with Gasteiger partial charge in [0.05, 0.1) is 0 Å². The van der Waals surface area contributed by atoms with Crippen molar-refractivity contribution in [3.05, 3.63) is 107 Å². The predicted octanol–water partition coefficient (Wildman–Crippen LogP) is 6.94. The van der Waals surface area contributed by atoms with Gasteiger partial charge in [0.1, 0.15) is 0 Å². The van der Waals surface area contributed by atoms with Crippen LogP contribution in [0.2, 0.25) is 0 Å². The molecule has 0 heteroatoms. The van der Waals surface area contributed by atoms with Crippen LogP contribution in [-0.4, -0.2) is 0 Å². The van der Waals surface area contributed by atoms with Crippen LogP contribution in [0.4, 0.5) is 0 Å². The van der Waals surface area contributed by atoms with Crippen LogP contribution in [0.15, 0.2) is 84.9 Å². The van der Waals surface area contributed by atoms with E-state index in [2.05, 4.69) is 106 Å². The highest BCUT2D eigenvalue weighted by molar-refractivity contribution is 5.46. The Labute approximate surface area is 152 Å². The van der Waals surface area contributed by atoms with E-state index in [1.54, 1.807) is 0 Å². The lowest BCUT2D eigenvalue weighted by atomic mass is 9.69. The monoisotopic (exact) mass is 328 g/mol. The van der Waals surface area contributed by atoms with E-state index in [1.807, 2.05) is 0 Å². The van der Waals surface area contributed by atoms with Crippen LogP contribution in [0.1, 0.15) is 61.8 Å². The van der Waals surface area contributed by atoms with Gasteiger partial charge in [-0.15, -0.1) is 0 Å². The first-order chi connectivity index (χ1) is 12.2. The second-order valence-corrected chi connectivity index (χ2v) is 7.17. The van der Waals surface area contributed by atoms with E-state index in [0.717, 1.165) is 6.42 Å². The summed E-state index contributed by atoms with van der Waals surface area (Å²) in [7, 11) is 0. The molecule has 128 valence electrons. The molecule has 0 bridgehead atoms. The van der Waals surface area contributed by atoms with Crippen molar-refractivity contribution < 1.29 is 0 Å². The van der Waals surface area contributed by atoms with Gasteiger partial charge in [-0.25, -0.2) is 0 Å². The zero-order valence-corrected chi connectivity index (χ0v) is 15.6. The maximum Gasteiger partial charge on any atom is 0.0177 e. The summed E-state index contributed by atoms with van der Waals surface area (Å²) >= 11 is 0. The highest BCUT2D eigenvalue weighted by atomic mass is 14.3. The van der Waals surface area contributed by atoms with E-state index in [4.69, 9.17) is 0 Å². The minimum absolute atomic E-state index is 0.0373. The van der Waals surface area contributed by atoms with Gasteiger partial charge in [-0.2, -0.15) is 0 Å². The van der Waals surface area contributed by atoms with Gasteiger partial charge in [-0.05, 0) is 28.7 Å². The first-order valence-corrected chi connectivity index (χ1v) is 9.36. The Morgan fingerprint density at radius 3 is 1.96 bits per heavy atom. The third-order valence-electron chi connectivity index (χ3n) is 5.48. The van der Waals surface area contributed by atoms with Crippen LogP contribution in [-0.2, 0) is 5.41 Å². The van der Waals surface area contributed by atoms with Crippen molar-refractivity contribution in [1.29, 1.82) is 0 Å². The molecular formula is C25H28. The Morgan fingerprint density at radius 1 is 0.760 bits per heavy atom. The van der Waals surface area contributed by atoms with Crippen LogP contribution in [0, 0.1) is 0 Å². The van der Waals surface area contributed by atoms with Crippen LogP contribution in [0.3, 0.4) is 0 Å². The van der Waals surface area contributed by atoms with Crippen molar-refractivity contribution >= 4 is 0 Å². The molecule has 0 nitrogen and oxygen atoms in total. The average molecular weight is 328 g/mol. The summed E-state index contributed by atoms with van der Waals surface area (Å²) in [5, 5.41) is 0. The molecule has 25 heavy (non-hydrogen) atoms. The quantitative estimate of drug-likeness (QED) is 0.459. The van der Waals surface area contributed by atoms with Gasteiger partial charge in [-0.3, -0.25) is 0 Å². The summed E-state index contributed by atoms with van der Waals surface area (Å²) in [6.45, 7) is 7.01. The summed E-state index contributed by atoms with van der Waals surface area (Å²) in [6, 6.07) is 30.8. The zero-order valence-electron chi connectivity index (χ0n) is 15.6. The van der Waals surface area contributed by atoms with Crippen molar-refractivity contribution in [2.24, 2.45) is 0 Å². The summed E-state index contributed by atoms with van der Waals surface area (Å²) in [4.78, 5) is 0. The highest BCUT2D eigenvalue weighted by Crippen LogP contribution is 2.41. The van der Waals surface area contributed by atoms with Crippen molar-refractivity contribution in [1.82, 2.24) is 0 Å². The lowest BCUT2D eigenvalue weighted by Crippen LogP contribution is -2.25. The van der Waals surface area contributed by atoms with Gasteiger partial charge in [0.25, 0.3) is 0 Å². The lowest BCUT2D eigenvalue weighted by Gasteiger charge is -2.34. The van der Waals surface area contributed by atoms with Crippen LogP contribution in [0.5, 0.6) is 0 Å². The smallest absolute Gasteiger partial charge is 0.0177 e. The maximum absolute atomic E-state index is 2.41. The van der Waals surface area contributed by atoms with Gasteiger partial charge < -0.3 is 0 Å². The van der Waals surface area contributed by atoms with Gasteiger partial charge in [0, 0.05) is 11.3 Å². The number of rotatable bonds is 6. The first kappa shape index (κ1) is 17.5. The molecule has 0 spiro atoms. The van der Waals surface area contributed by atoms with Gasteiger partial charge in [0.2, 0.25) is 0 Å². The topological polar surface area (TPSA) is 0 Å². The van der Waals surface area contributed by atoms with E-state index < -0.39 is 0 Å². The van der Waals surface area contributed by atoms with Crippen LogP contribution < -0.4 is 0 Å². The zero-order chi connectivity index (χ0) is 17.7. The number of hydrogen-bond acceptors (Lipinski definition) is 0. The van der Waals surface area contributed by atoms with E-state index in [9.17, 15) is 0 Å². The van der Waals surface area contributed by atoms with E-state index in [-0.39, 0.29) is 5.41 Å². The van der Waals surface area contributed by atoms with Crippen LogP contribution in [0.25, 0.3) is 0 Å². The SMILES string of the molecule is CCCC(C)(c1ccccc1)c1ccccc1C(C)c1ccccc1. The molecule has 2 unspecified atom stereocenters. The normalized spacial score (nSPS) is 14.7. The molecule has 0 N–H and O–H groups in total. The largest absolute Gasteiger partial charge is 0.0653 e.